The summed E-state index contributed by atoms with van der Waals surface area (Å²) in [6.45, 7) is 2.07. The maximum absolute atomic E-state index is 12.5. The van der Waals surface area contributed by atoms with Gasteiger partial charge in [0.25, 0.3) is 5.91 Å². The topological polar surface area (TPSA) is 55.4 Å². The second-order valence-electron chi connectivity index (χ2n) is 5.36. The van der Waals surface area contributed by atoms with Crippen LogP contribution in [0.2, 0.25) is 0 Å². The molecule has 3 rings (SSSR count). The normalized spacial score (nSPS) is 15.1. The molecule has 5 heteroatoms. The fourth-order valence-corrected chi connectivity index (χ4v) is 3.47. The second-order valence-corrected chi connectivity index (χ2v) is 6.30. The van der Waals surface area contributed by atoms with Crippen LogP contribution in [0.3, 0.4) is 0 Å². The highest BCUT2D eigenvalue weighted by molar-refractivity contribution is 7.12. The van der Waals surface area contributed by atoms with Crippen molar-refractivity contribution in [3.8, 4) is 0 Å². The van der Waals surface area contributed by atoms with Gasteiger partial charge in [-0.2, -0.15) is 0 Å². The van der Waals surface area contributed by atoms with E-state index < -0.39 is 5.54 Å². The first-order valence-corrected chi connectivity index (χ1v) is 8.12. The number of esters is 1. The number of fused-ring (bicyclic) bond motifs is 1. The third-order valence-corrected chi connectivity index (χ3v) is 4.74. The number of thiophene rings is 1. The molecule has 1 amide bonds. The van der Waals surface area contributed by atoms with Crippen LogP contribution in [0.5, 0.6) is 0 Å². The lowest BCUT2D eigenvalue weighted by Gasteiger charge is -2.27. The second kappa shape index (κ2) is 5.93. The number of ether oxygens (including phenoxy) is 1. The van der Waals surface area contributed by atoms with Crippen molar-refractivity contribution in [2.75, 3.05) is 6.61 Å². The third-order valence-electron chi connectivity index (χ3n) is 3.87. The molecule has 0 radical (unpaired) electrons. The van der Waals surface area contributed by atoms with Crippen LogP contribution >= 0.6 is 11.3 Å². The van der Waals surface area contributed by atoms with Gasteiger partial charge in [0.2, 0.25) is 0 Å². The lowest BCUT2D eigenvalue weighted by atomic mass is 9.95. The summed E-state index contributed by atoms with van der Waals surface area (Å²) in [5, 5.41) is 4.77. The monoisotopic (exact) mass is 315 g/mol. The maximum Gasteiger partial charge on any atom is 0.332 e. The molecule has 0 bridgehead atoms. The molecule has 114 valence electrons. The van der Waals surface area contributed by atoms with E-state index in [2.05, 4.69) is 5.32 Å². The molecule has 0 unspecified atom stereocenters. The molecular weight excluding hydrogens is 298 g/mol. The lowest BCUT2D eigenvalue weighted by molar-refractivity contribution is -0.150. The highest BCUT2D eigenvalue weighted by Crippen LogP contribution is 2.31. The van der Waals surface area contributed by atoms with E-state index in [1.165, 1.54) is 11.3 Å². The van der Waals surface area contributed by atoms with Gasteiger partial charge in [-0.1, -0.05) is 30.3 Å². The van der Waals surface area contributed by atoms with Crippen molar-refractivity contribution in [2.45, 2.75) is 25.3 Å². The number of hydrogen-bond donors (Lipinski definition) is 1. The first-order valence-electron chi connectivity index (χ1n) is 7.24. The van der Waals surface area contributed by atoms with Crippen LogP contribution in [-0.2, 0) is 22.4 Å². The van der Waals surface area contributed by atoms with Crippen molar-refractivity contribution < 1.29 is 14.3 Å². The summed E-state index contributed by atoms with van der Waals surface area (Å²) in [4.78, 5) is 25.5. The Balaban J connectivity index is 1.89. The van der Waals surface area contributed by atoms with Crippen LogP contribution in [0.15, 0.2) is 41.8 Å². The predicted octanol–water partition coefficient (Wildman–Crippen LogP) is 2.58. The Hall–Kier alpha value is -2.14. The zero-order chi connectivity index (χ0) is 15.6. The largest absolute Gasteiger partial charge is 0.464 e. The Labute approximate surface area is 133 Å². The summed E-state index contributed by atoms with van der Waals surface area (Å²) in [5.41, 5.74) is 1.17. The van der Waals surface area contributed by atoms with Gasteiger partial charge in [0.15, 0.2) is 0 Å². The van der Waals surface area contributed by atoms with E-state index in [4.69, 9.17) is 4.74 Å². The van der Waals surface area contributed by atoms with Gasteiger partial charge >= 0.3 is 5.97 Å². The molecule has 0 saturated carbocycles. The third kappa shape index (κ3) is 2.64. The average Bonchev–Trinajstić information content (AvgIpc) is 3.15. The summed E-state index contributed by atoms with van der Waals surface area (Å²) in [6, 6.07) is 11.4. The Morgan fingerprint density at radius 3 is 2.41 bits per heavy atom. The van der Waals surface area contributed by atoms with Gasteiger partial charge in [0, 0.05) is 12.8 Å². The molecular formula is C17H17NO3S. The summed E-state index contributed by atoms with van der Waals surface area (Å²) >= 11 is 1.36. The van der Waals surface area contributed by atoms with Crippen LogP contribution in [0, 0.1) is 0 Å². The molecule has 0 fully saturated rings. The van der Waals surface area contributed by atoms with Crippen molar-refractivity contribution in [2.24, 2.45) is 0 Å². The molecule has 1 N–H and O–H groups in total. The maximum atomic E-state index is 12.5. The minimum Gasteiger partial charge on any atom is -0.464 e. The molecule has 1 aliphatic carbocycles. The van der Waals surface area contributed by atoms with E-state index in [0.29, 0.717) is 24.3 Å². The molecule has 1 aromatic heterocycles. The Morgan fingerprint density at radius 1 is 1.18 bits per heavy atom. The van der Waals surface area contributed by atoms with E-state index in [1.807, 2.05) is 35.7 Å². The van der Waals surface area contributed by atoms with E-state index in [9.17, 15) is 9.59 Å². The summed E-state index contributed by atoms with van der Waals surface area (Å²) in [5.74, 6) is -0.591. The molecule has 0 spiro atoms. The molecule has 0 aliphatic heterocycles. The molecule has 0 saturated heterocycles. The zero-order valence-corrected chi connectivity index (χ0v) is 13.1. The summed E-state index contributed by atoms with van der Waals surface area (Å²) in [6.07, 6.45) is 0.943. The quantitative estimate of drug-likeness (QED) is 0.882. The van der Waals surface area contributed by atoms with Gasteiger partial charge in [-0.05, 0) is 29.5 Å². The van der Waals surface area contributed by atoms with Gasteiger partial charge in [0.1, 0.15) is 5.54 Å². The van der Waals surface area contributed by atoms with Crippen molar-refractivity contribution in [3.63, 3.8) is 0 Å². The standard InChI is InChI=1S/C17H17NO3S/c1-2-21-16(20)17(18-15(19)14-8-5-9-22-14)10-12-6-3-4-7-13(12)11-17/h3-9H,2,10-11H2,1H3,(H,18,19). The summed E-state index contributed by atoms with van der Waals surface area (Å²) in [7, 11) is 0. The van der Waals surface area contributed by atoms with Crippen molar-refractivity contribution in [1.29, 1.82) is 0 Å². The lowest BCUT2D eigenvalue weighted by Crippen LogP contribution is -2.56. The fraction of sp³-hybridized carbons (Fsp3) is 0.294. The van der Waals surface area contributed by atoms with Gasteiger partial charge in [-0.25, -0.2) is 4.79 Å². The van der Waals surface area contributed by atoms with Gasteiger partial charge < -0.3 is 10.1 Å². The fourth-order valence-electron chi connectivity index (χ4n) is 2.85. The van der Waals surface area contributed by atoms with Crippen LogP contribution < -0.4 is 5.32 Å². The number of benzene rings is 1. The Morgan fingerprint density at radius 2 is 1.86 bits per heavy atom. The van der Waals surface area contributed by atoms with Crippen LogP contribution in [0.1, 0.15) is 27.7 Å². The number of nitrogens with one attached hydrogen (secondary N) is 1. The minimum absolute atomic E-state index is 0.226. The van der Waals surface area contributed by atoms with Crippen LogP contribution in [0.4, 0.5) is 0 Å². The highest BCUT2D eigenvalue weighted by Gasteiger charge is 2.46. The van der Waals surface area contributed by atoms with Crippen LogP contribution in [-0.4, -0.2) is 24.0 Å². The highest BCUT2D eigenvalue weighted by atomic mass is 32.1. The van der Waals surface area contributed by atoms with Crippen LogP contribution in [0.25, 0.3) is 0 Å². The molecule has 1 aromatic carbocycles. The van der Waals surface area contributed by atoms with Gasteiger partial charge in [-0.3, -0.25) is 4.79 Å². The molecule has 22 heavy (non-hydrogen) atoms. The van der Waals surface area contributed by atoms with Gasteiger partial charge in [0.05, 0.1) is 11.5 Å². The molecule has 1 aliphatic rings. The Kier molecular flexibility index (Phi) is 3.98. The zero-order valence-electron chi connectivity index (χ0n) is 12.3. The molecule has 1 heterocycles. The van der Waals surface area contributed by atoms with Gasteiger partial charge in [-0.15, -0.1) is 11.3 Å². The number of carbonyl (C=O) groups excluding carboxylic acids is 2. The van der Waals surface area contributed by atoms with E-state index >= 15 is 0 Å². The minimum atomic E-state index is -0.999. The molecule has 4 nitrogen and oxygen atoms in total. The number of amides is 1. The van der Waals surface area contributed by atoms with Crippen molar-refractivity contribution >= 4 is 23.2 Å². The average molecular weight is 315 g/mol. The molecule has 2 aromatic rings. The SMILES string of the molecule is CCOC(=O)C1(NC(=O)c2cccs2)Cc2ccccc2C1. The van der Waals surface area contributed by atoms with Crippen molar-refractivity contribution in [3.05, 3.63) is 57.8 Å². The van der Waals surface area contributed by atoms with E-state index in [1.54, 1.807) is 13.0 Å². The van der Waals surface area contributed by atoms with E-state index in [-0.39, 0.29) is 11.9 Å². The number of rotatable bonds is 4. The first-order chi connectivity index (χ1) is 10.6. The predicted molar refractivity (Wildman–Crippen MR) is 85.0 cm³/mol. The van der Waals surface area contributed by atoms with E-state index in [0.717, 1.165) is 11.1 Å². The number of hydrogen-bond acceptors (Lipinski definition) is 4. The summed E-state index contributed by atoms with van der Waals surface area (Å²) < 4.78 is 5.23. The number of carbonyl (C=O) groups is 2. The van der Waals surface area contributed by atoms with Crippen molar-refractivity contribution in [1.82, 2.24) is 5.32 Å². The smallest absolute Gasteiger partial charge is 0.332 e. The molecule has 0 atom stereocenters. The Bertz CT molecular complexity index is 669. The first kappa shape index (κ1) is 14.8.